The summed E-state index contributed by atoms with van der Waals surface area (Å²) in [6.45, 7) is -0.641. The molecule has 2 aliphatic rings. The zero-order valence-electron chi connectivity index (χ0n) is 25.9. The third-order valence-corrected chi connectivity index (χ3v) is 9.96. The lowest BCUT2D eigenvalue weighted by molar-refractivity contribution is -0.344. The van der Waals surface area contributed by atoms with Crippen molar-refractivity contribution in [3.8, 4) is 11.3 Å². The fourth-order valence-corrected chi connectivity index (χ4v) is 7.38. The lowest BCUT2D eigenvalue weighted by atomic mass is 9.86. The number of benzene rings is 5. The topological polar surface area (TPSA) is 139 Å². The Morgan fingerprint density at radius 2 is 1.64 bits per heavy atom. The molecule has 1 spiro atoms. The molecular weight excluding hydrogens is 677 g/mol. The lowest BCUT2D eigenvalue weighted by Crippen LogP contribution is -2.69. The van der Waals surface area contributed by atoms with E-state index in [1.165, 1.54) is 6.20 Å². The van der Waals surface area contributed by atoms with Crippen molar-refractivity contribution >= 4 is 49.8 Å². The first kappa shape index (κ1) is 32.6. The van der Waals surface area contributed by atoms with Gasteiger partial charge in [-0.25, -0.2) is 17.9 Å². The third kappa shape index (κ3) is 5.20. The monoisotopic (exact) mass is 704 g/mol. The number of carbonyl (C=O) groups excluding carboxylic acids is 1. The summed E-state index contributed by atoms with van der Waals surface area (Å²) in [5.41, 5.74) is 0.136. The summed E-state index contributed by atoms with van der Waals surface area (Å²) in [5.74, 6) is -6.93. The standard InChI is InChI=1S/C36H28ClF3N4O6/c37-25-6-2-4-18-10-19-11-23-17(9-20(19)12-24(18)25)3-1-5-22(23)35(48)41-30-7-8-49-36(30)34(47)32(33(46)29(16-45)50-36)44-15-28(42-43-44)21-13-26(38)31(40)27(39)14-21/h1-6,9-15,29-30,32-34,45-47H,7-8,16H2,(H,41,48)/t29-,30-,32+,33+,34-,36+/m1/s1. The van der Waals surface area contributed by atoms with Gasteiger partial charge in [-0.15, -0.1) is 5.10 Å². The van der Waals surface area contributed by atoms with Crippen LogP contribution in [0.3, 0.4) is 0 Å². The largest absolute Gasteiger partial charge is 0.394 e. The fourth-order valence-electron chi connectivity index (χ4n) is 7.14. The van der Waals surface area contributed by atoms with Crippen LogP contribution in [0, 0.1) is 17.5 Å². The van der Waals surface area contributed by atoms with Gasteiger partial charge in [-0.05, 0) is 81.9 Å². The van der Waals surface area contributed by atoms with Crippen LogP contribution in [0.25, 0.3) is 43.6 Å². The average molecular weight is 705 g/mol. The van der Waals surface area contributed by atoms with Gasteiger partial charge in [-0.3, -0.25) is 4.79 Å². The van der Waals surface area contributed by atoms with E-state index in [0.29, 0.717) is 16.0 Å². The van der Waals surface area contributed by atoms with Crippen LogP contribution in [-0.4, -0.2) is 79.6 Å². The molecule has 14 heteroatoms. The molecule has 256 valence electrons. The molecule has 6 aromatic rings. The number of hydrogen-bond donors (Lipinski definition) is 4. The Morgan fingerprint density at radius 3 is 2.36 bits per heavy atom. The number of aliphatic hydroxyl groups is 3. The second-order valence-corrected chi connectivity index (χ2v) is 12.9. The number of ether oxygens (including phenoxy) is 2. The summed E-state index contributed by atoms with van der Waals surface area (Å²) in [7, 11) is 0. The molecule has 10 nitrogen and oxygen atoms in total. The predicted octanol–water partition coefficient (Wildman–Crippen LogP) is 5.04. The van der Waals surface area contributed by atoms with Crippen LogP contribution in [0.1, 0.15) is 22.8 Å². The molecule has 0 saturated carbocycles. The van der Waals surface area contributed by atoms with Gasteiger partial charge in [-0.2, -0.15) is 0 Å². The number of hydrogen-bond acceptors (Lipinski definition) is 8. The predicted molar refractivity (Wildman–Crippen MR) is 177 cm³/mol. The zero-order chi connectivity index (χ0) is 34.9. The molecule has 2 aliphatic heterocycles. The summed E-state index contributed by atoms with van der Waals surface area (Å²) >= 11 is 6.44. The van der Waals surface area contributed by atoms with E-state index in [0.717, 1.165) is 43.7 Å². The average Bonchev–Trinajstić information content (AvgIpc) is 3.75. The van der Waals surface area contributed by atoms with Crippen LogP contribution in [0.4, 0.5) is 13.2 Å². The molecule has 50 heavy (non-hydrogen) atoms. The van der Waals surface area contributed by atoms with Crippen molar-refractivity contribution in [1.29, 1.82) is 0 Å². The highest BCUT2D eigenvalue weighted by atomic mass is 35.5. The number of fused-ring (bicyclic) bond motifs is 3. The summed E-state index contributed by atoms with van der Waals surface area (Å²) in [5, 5.41) is 49.8. The molecule has 0 unspecified atom stereocenters. The van der Waals surface area contributed by atoms with Crippen molar-refractivity contribution in [2.24, 2.45) is 0 Å². The van der Waals surface area contributed by atoms with E-state index in [4.69, 9.17) is 21.1 Å². The number of nitrogens with zero attached hydrogens (tertiary/aromatic N) is 3. The minimum absolute atomic E-state index is 0.0511. The highest BCUT2D eigenvalue weighted by molar-refractivity contribution is 6.36. The number of aliphatic hydroxyl groups excluding tert-OH is 3. The second kappa shape index (κ2) is 12.3. The maximum atomic E-state index is 14.0. The number of rotatable bonds is 5. The van der Waals surface area contributed by atoms with Crippen LogP contribution < -0.4 is 5.32 Å². The molecule has 1 aromatic heterocycles. The van der Waals surface area contributed by atoms with Gasteiger partial charge in [-0.1, -0.05) is 41.1 Å². The molecule has 6 atom stereocenters. The number of amides is 1. The van der Waals surface area contributed by atoms with Gasteiger partial charge in [0, 0.05) is 21.5 Å². The van der Waals surface area contributed by atoms with Crippen LogP contribution in [0.5, 0.6) is 0 Å². The molecular formula is C36H28ClF3N4O6. The Balaban J connectivity index is 1.12. The molecule has 1 amide bonds. The Bertz CT molecular complexity index is 2300. The van der Waals surface area contributed by atoms with Crippen molar-refractivity contribution in [2.75, 3.05) is 13.2 Å². The molecule has 3 heterocycles. The number of carbonyl (C=O) groups is 1. The summed E-state index contributed by atoms with van der Waals surface area (Å²) in [6, 6.07) is 18.1. The highest BCUT2D eigenvalue weighted by Gasteiger charge is 2.62. The van der Waals surface area contributed by atoms with E-state index in [2.05, 4.69) is 15.6 Å². The van der Waals surface area contributed by atoms with Crippen LogP contribution in [-0.2, 0) is 9.47 Å². The molecule has 0 radical (unpaired) electrons. The summed E-state index contributed by atoms with van der Waals surface area (Å²) < 4.78 is 54.6. The maximum Gasteiger partial charge on any atom is 0.252 e. The van der Waals surface area contributed by atoms with Gasteiger partial charge in [0.05, 0.1) is 25.5 Å². The number of aromatic nitrogens is 3. The molecule has 8 rings (SSSR count). The first-order valence-electron chi connectivity index (χ1n) is 15.8. The van der Waals surface area contributed by atoms with E-state index in [-0.39, 0.29) is 24.3 Å². The molecule has 2 fully saturated rings. The van der Waals surface area contributed by atoms with Crippen molar-refractivity contribution < 1.29 is 42.8 Å². The van der Waals surface area contributed by atoms with Crippen molar-refractivity contribution in [2.45, 2.75) is 42.6 Å². The normalized spacial score (nSPS) is 25.2. The Hall–Kier alpha value is -4.63. The minimum Gasteiger partial charge on any atom is -0.394 e. The third-order valence-electron chi connectivity index (χ3n) is 9.63. The summed E-state index contributed by atoms with van der Waals surface area (Å²) in [6.07, 6.45) is -3.14. The molecule has 0 bridgehead atoms. The van der Waals surface area contributed by atoms with Gasteiger partial charge < -0.3 is 30.1 Å². The molecule has 4 N–H and O–H groups in total. The molecule has 2 saturated heterocycles. The first-order chi connectivity index (χ1) is 24.1. The lowest BCUT2D eigenvalue weighted by Gasteiger charge is -2.49. The second-order valence-electron chi connectivity index (χ2n) is 12.5. The first-order valence-corrected chi connectivity index (χ1v) is 16.2. The number of halogens is 4. The van der Waals surface area contributed by atoms with E-state index < -0.39 is 66.1 Å². The highest BCUT2D eigenvalue weighted by Crippen LogP contribution is 2.43. The van der Waals surface area contributed by atoms with Gasteiger partial charge in [0.15, 0.2) is 17.5 Å². The Morgan fingerprint density at radius 1 is 0.960 bits per heavy atom. The van der Waals surface area contributed by atoms with E-state index in [1.807, 2.05) is 48.5 Å². The SMILES string of the molecule is O=C(N[C@@H]1CCO[C@]12O[C@H](CO)[C@H](O)[C@H](n1cc(-c3cc(F)c(F)c(F)c3)nn1)[C@H]2O)c1cccc2cc3cc4c(Cl)cccc4cc3cc12. The quantitative estimate of drug-likeness (QED) is 0.145. The molecule has 0 aliphatic carbocycles. The van der Waals surface area contributed by atoms with E-state index >= 15 is 0 Å². The number of nitrogens with one attached hydrogen (secondary N) is 1. The van der Waals surface area contributed by atoms with Gasteiger partial charge in [0.2, 0.25) is 5.79 Å². The van der Waals surface area contributed by atoms with Gasteiger partial charge in [0.1, 0.15) is 30.0 Å². The summed E-state index contributed by atoms with van der Waals surface area (Å²) in [4.78, 5) is 14.0. The van der Waals surface area contributed by atoms with Crippen LogP contribution in [0.2, 0.25) is 5.02 Å². The van der Waals surface area contributed by atoms with Crippen molar-refractivity contribution in [3.05, 3.63) is 107 Å². The van der Waals surface area contributed by atoms with Crippen molar-refractivity contribution in [1.82, 2.24) is 20.3 Å². The van der Waals surface area contributed by atoms with E-state index in [1.54, 1.807) is 12.1 Å². The van der Waals surface area contributed by atoms with Crippen LogP contribution >= 0.6 is 11.6 Å². The van der Waals surface area contributed by atoms with Gasteiger partial charge in [0.25, 0.3) is 5.91 Å². The smallest absolute Gasteiger partial charge is 0.252 e. The molecule has 5 aromatic carbocycles. The fraction of sp³-hybridized carbons (Fsp3) is 0.250. The van der Waals surface area contributed by atoms with Gasteiger partial charge >= 0.3 is 0 Å². The van der Waals surface area contributed by atoms with E-state index in [9.17, 15) is 33.3 Å². The van der Waals surface area contributed by atoms with Crippen LogP contribution in [0.15, 0.2) is 79.0 Å². The Labute approximate surface area is 286 Å². The van der Waals surface area contributed by atoms with Crippen molar-refractivity contribution in [3.63, 3.8) is 0 Å². The maximum absolute atomic E-state index is 14.0. The minimum atomic E-state index is -1.94. The zero-order valence-corrected chi connectivity index (χ0v) is 26.7. The Kier molecular flexibility index (Phi) is 8.01.